The number of hydrogen-bond acceptors (Lipinski definition) is 5. The molecule has 0 aliphatic rings. The molecule has 0 aliphatic heterocycles. The van der Waals surface area contributed by atoms with Crippen LogP contribution < -0.4 is 10.1 Å². The fraction of sp³-hybridized carbons (Fsp3) is 0.150. The molecule has 3 aromatic rings. The molecule has 0 saturated carbocycles. The molecule has 0 fully saturated rings. The first-order valence-corrected chi connectivity index (χ1v) is 10.5. The topological polar surface area (TPSA) is 85.6 Å². The largest absolute Gasteiger partial charge is 0.486 e. The average Bonchev–Trinajstić information content (AvgIpc) is 3.08. The summed E-state index contributed by atoms with van der Waals surface area (Å²) in [5.41, 5.74) is 0.705. The molecule has 1 amide bonds. The van der Waals surface area contributed by atoms with E-state index in [0.717, 1.165) is 12.3 Å². The lowest BCUT2D eigenvalue weighted by Gasteiger charge is -2.09. The molecule has 0 radical (unpaired) electrons. The van der Waals surface area contributed by atoms with Gasteiger partial charge in [0.2, 0.25) is 0 Å². The van der Waals surface area contributed by atoms with Crippen LogP contribution in [0.4, 0.5) is 14.5 Å². The summed E-state index contributed by atoms with van der Waals surface area (Å²) in [5, 5.41) is 2.46. The Morgan fingerprint density at radius 2 is 1.90 bits per heavy atom. The van der Waals surface area contributed by atoms with Gasteiger partial charge in [0.25, 0.3) is 5.91 Å². The highest BCUT2D eigenvalue weighted by molar-refractivity contribution is 7.89. The highest BCUT2D eigenvalue weighted by atomic mass is 32.2. The summed E-state index contributed by atoms with van der Waals surface area (Å²) in [6, 6.07) is 12.3. The number of sulfone groups is 1. The number of halogens is 2. The molecule has 2 aromatic carbocycles. The van der Waals surface area contributed by atoms with Crippen LogP contribution in [-0.4, -0.2) is 20.6 Å². The smallest absolute Gasteiger partial charge is 0.291 e. The maximum Gasteiger partial charge on any atom is 0.291 e. The summed E-state index contributed by atoms with van der Waals surface area (Å²) in [6.07, 6.45) is 1.05. The number of anilines is 1. The van der Waals surface area contributed by atoms with Gasteiger partial charge in [0, 0.05) is 18.0 Å². The van der Waals surface area contributed by atoms with Gasteiger partial charge in [-0.15, -0.1) is 0 Å². The van der Waals surface area contributed by atoms with Gasteiger partial charge >= 0.3 is 0 Å². The molecule has 3 rings (SSSR count). The Balaban J connectivity index is 1.63. The monoisotopic (exact) mass is 421 g/mol. The van der Waals surface area contributed by atoms with Crippen molar-refractivity contribution >= 4 is 21.4 Å². The Hall–Kier alpha value is -3.20. The third-order valence-corrected chi connectivity index (χ3v) is 4.57. The second kappa shape index (κ2) is 8.44. The third kappa shape index (κ3) is 5.89. The minimum absolute atomic E-state index is 0.0180. The first kappa shape index (κ1) is 20.5. The first-order chi connectivity index (χ1) is 13.7. The van der Waals surface area contributed by atoms with Gasteiger partial charge < -0.3 is 14.5 Å². The zero-order valence-electron chi connectivity index (χ0n) is 15.3. The minimum atomic E-state index is -3.30. The predicted octanol–water partition coefficient (Wildman–Crippen LogP) is 3.93. The van der Waals surface area contributed by atoms with Crippen LogP contribution in [0, 0.1) is 11.6 Å². The van der Waals surface area contributed by atoms with E-state index in [1.54, 1.807) is 6.07 Å². The van der Waals surface area contributed by atoms with E-state index in [-0.39, 0.29) is 35.3 Å². The van der Waals surface area contributed by atoms with Crippen LogP contribution in [0.15, 0.2) is 59.0 Å². The molecular formula is C20H17F2NO5S. The summed E-state index contributed by atoms with van der Waals surface area (Å²) in [7, 11) is -3.30. The molecule has 0 saturated heterocycles. The van der Waals surface area contributed by atoms with Gasteiger partial charge in [-0.3, -0.25) is 4.79 Å². The Morgan fingerprint density at radius 1 is 1.10 bits per heavy atom. The van der Waals surface area contributed by atoms with Crippen LogP contribution in [0.25, 0.3) is 0 Å². The Kier molecular flexibility index (Phi) is 5.97. The zero-order chi connectivity index (χ0) is 21.0. The number of furan rings is 1. The van der Waals surface area contributed by atoms with Gasteiger partial charge in [0.05, 0.1) is 0 Å². The lowest BCUT2D eigenvalue weighted by atomic mass is 10.2. The van der Waals surface area contributed by atoms with E-state index in [9.17, 15) is 22.0 Å². The van der Waals surface area contributed by atoms with E-state index < -0.39 is 27.4 Å². The van der Waals surface area contributed by atoms with Gasteiger partial charge in [-0.1, -0.05) is 12.1 Å². The summed E-state index contributed by atoms with van der Waals surface area (Å²) < 4.78 is 60.5. The van der Waals surface area contributed by atoms with Crippen molar-refractivity contribution < 1.29 is 31.1 Å². The summed E-state index contributed by atoms with van der Waals surface area (Å²) in [6.45, 7) is -0.0180. The number of amides is 1. The van der Waals surface area contributed by atoms with Gasteiger partial charge in [-0.2, -0.15) is 0 Å². The number of nitrogens with one attached hydrogen (secondary N) is 1. The highest BCUT2D eigenvalue weighted by Gasteiger charge is 2.15. The molecule has 152 valence electrons. The highest BCUT2D eigenvalue weighted by Crippen LogP contribution is 2.23. The van der Waals surface area contributed by atoms with Gasteiger partial charge in [0.1, 0.15) is 23.9 Å². The van der Waals surface area contributed by atoms with E-state index in [4.69, 9.17) is 9.15 Å². The van der Waals surface area contributed by atoms with Crippen molar-refractivity contribution in [3.05, 3.63) is 83.3 Å². The van der Waals surface area contributed by atoms with Crippen molar-refractivity contribution in [1.29, 1.82) is 0 Å². The summed E-state index contributed by atoms with van der Waals surface area (Å²) in [5.74, 6) is -2.14. The van der Waals surface area contributed by atoms with Gasteiger partial charge in [0.15, 0.2) is 27.2 Å². The Labute approximate surface area is 166 Å². The number of carbonyl (C=O) groups excluding carboxylic acids is 1. The van der Waals surface area contributed by atoms with E-state index in [1.165, 1.54) is 42.5 Å². The van der Waals surface area contributed by atoms with Crippen molar-refractivity contribution in [3.8, 4) is 5.75 Å². The predicted molar refractivity (Wildman–Crippen MR) is 102 cm³/mol. The number of ether oxygens (including phenoxy) is 1. The van der Waals surface area contributed by atoms with E-state index in [0.29, 0.717) is 5.56 Å². The lowest BCUT2D eigenvalue weighted by Crippen LogP contribution is -2.11. The maximum atomic E-state index is 14.2. The minimum Gasteiger partial charge on any atom is -0.486 e. The van der Waals surface area contributed by atoms with Gasteiger partial charge in [-0.05, 0) is 42.0 Å². The van der Waals surface area contributed by atoms with Crippen LogP contribution in [-0.2, 0) is 22.2 Å². The quantitative estimate of drug-likeness (QED) is 0.625. The molecule has 6 nitrogen and oxygen atoms in total. The van der Waals surface area contributed by atoms with Crippen LogP contribution in [0.3, 0.4) is 0 Å². The number of rotatable bonds is 7. The fourth-order valence-corrected chi connectivity index (χ4v) is 3.18. The lowest BCUT2D eigenvalue weighted by molar-refractivity contribution is 0.0995. The fourth-order valence-electron chi connectivity index (χ4n) is 2.51. The van der Waals surface area contributed by atoms with Gasteiger partial charge in [-0.25, -0.2) is 17.2 Å². The summed E-state index contributed by atoms with van der Waals surface area (Å²) in [4.78, 5) is 12.2. The SMILES string of the molecule is CS(=O)(=O)Cc1ccc(C(=O)Nc2ccc(OCc3cccc(F)c3)c(F)c2)o1. The molecule has 29 heavy (non-hydrogen) atoms. The molecule has 0 atom stereocenters. The standard InChI is InChI=1S/C20H17F2NO5S/c1-29(25,26)12-16-6-8-19(28-16)20(24)23-15-5-7-18(17(22)10-15)27-11-13-3-2-4-14(21)9-13/h2-10H,11-12H2,1H3,(H,23,24). The zero-order valence-corrected chi connectivity index (χ0v) is 16.1. The first-order valence-electron chi connectivity index (χ1n) is 8.44. The van der Waals surface area contributed by atoms with Crippen LogP contribution in [0.2, 0.25) is 0 Å². The second-order valence-corrected chi connectivity index (χ2v) is 8.49. The third-order valence-electron chi connectivity index (χ3n) is 3.76. The van der Waals surface area contributed by atoms with Crippen molar-refractivity contribution in [1.82, 2.24) is 0 Å². The van der Waals surface area contributed by atoms with E-state index in [2.05, 4.69) is 5.32 Å². The van der Waals surface area contributed by atoms with Crippen molar-refractivity contribution in [2.75, 3.05) is 11.6 Å². The number of hydrogen-bond donors (Lipinski definition) is 1. The molecule has 0 bridgehead atoms. The van der Waals surface area contributed by atoms with Crippen molar-refractivity contribution in [2.24, 2.45) is 0 Å². The second-order valence-electron chi connectivity index (χ2n) is 6.35. The number of benzene rings is 2. The molecule has 1 aromatic heterocycles. The number of carbonyl (C=O) groups is 1. The van der Waals surface area contributed by atoms with E-state index in [1.807, 2.05) is 0 Å². The molecule has 1 heterocycles. The van der Waals surface area contributed by atoms with E-state index >= 15 is 0 Å². The average molecular weight is 421 g/mol. The molecule has 0 aliphatic carbocycles. The molecule has 0 unspecified atom stereocenters. The van der Waals surface area contributed by atoms with Crippen molar-refractivity contribution in [3.63, 3.8) is 0 Å². The summed E-state index contributed by atoms with van der Waals surface area (Å²) >= 11 is 0. The maximum absolute atomic E-state index is 14.2. The van der Waals surface area contributed by atoms with Crippen molar-refractivity contribution in [2.45, 2.75) is 12.4 Å². The van der Waals surface area contributed by atoms with Crippen LogP contribution in [0.5, 0.6) is 5.75 Å². The van der Waals surface area contributed by atoms with Crippen LogP contribution in [0.1, 0.15) is 21.9 Å². The Morgan fingerprint density at radius 3 is 2.59 bits per heavy atom. The normalized spacial score (nSPS) is 11.3. The Bertz CT molecular complexity index is 1140. The molecule has 1 N–H and O–H groups in total. The van der Waals surface area contributed by atoms with Crippen LogP contribution >= 0.6 is 0 Å². The molecular weight excluding hydrogens is 404 g/mol. The molecule has 9 heteroatoms. The molecule has 0 spiro atoms.